The molecule has 47 heavy (non-hydrogen) atoms. The van der Waals surface area contributed by atoms with Gasteiger partial charge in [0.25, 0.3) is 0 Å². The Morgan fingerprint density at radius 2 is 1.15 bits per heavy atom. The quantitative estimate of drug-likeness (QED) is 0.186. The minimum absolute atomic E-state index is 0.398. The van der Waals surface area contributed by atoms with Crippen LogP contribution in [-0.2, 0) is 0 Å². The second-order valence-corrected chi connectivity index (χ2v) is 11.4. The van der Waals surface area contributed by atoms with E-state index in [9.17, 15) is 10.5 Å². The summed E-state index contributed by atoms with van der Waals surface area (Å²) >= 11 is 0. The third-order valence-corrected chi connectivity index (χ3v) is 8.97. The molecule has 0 unspecified atom stereocenters. The Morgan fingerprint density at radius 1 is 0.532 bits per heavy atom. The van der Waals surface area contributed by atoms with Crippen LogP contribution in [0.4, 0.5) is 11.4 Å². The summed E-state index contributed by atoms with van der Waals surface area (Å²) in [5.74, 6) is 0. The summed E-state index contributed by atoms with van der Waals surface area (Å²) in [5, 5.41) is 24.6. The maximum atomic E-state index is 9.65. The van der Waals surface area contributed by atoms with Gasteiger partial charge in [-0.05, 0) is 72.1 Å². The van der Waals surface area contributed by atoms with Crippen LogP contribution >= 0.6 is 0 Å². The van der Waals surface area contributed by atoms with Gasteiger partial charge in [0.05, 0.1) is 58.5 Å². The molecule has 0 atom stereocenters. The first-order chi connectivity index (χ1) is 23.1. The van der Waals surface area contributed by atoms with Gasteiger partial charge in [0.15, 0.2) is 0 Å². The number of aromatic nitrogens is 2. The lowest BCUT2D eigenvalue weighted by molar-refractivity contribution is 0.673. The van der Waals surface area contributed by atoms with Gasteiger partial charge in [0.1, 0.15) is 11.2 Å². The van der Waals surface area contributed by atoms with Crippen molar-refractivity contribution in [2.75, 3.05) is 0 Å². The summed E-state index contributed by atoms with van der Waals surface area (Å²) in [6.07, 6.45) is 0. The zero-order valence-electron chi connectivity index (χ0n) is 24.5. The molecule has 214 valence electrons. The average molecular weight is 599 g/mol. The lowest BCUT2D eigenvalue weighted by Crippen LogP contribution is -1.99. The molecule has 9 aromatic rings. The van der Waals surface area contributed by atoms with E-state index in [-0.39, 0.29) is 0 Å². The molecule has 0 aliphatic carbocycles. The zero-order valence-corrected chi connectivity index (χ0v) is 24.5. The fourth-order valence-corrected chi connectivity index (χ4v) is 7.03. The van der Waals surface area contributed by atoms with E-state index in [4.69, 9.17) is 17.6 Å². The van der Waals surface area contributed by atoms with Crippen LogP contribution in [0.3, 0.4) is 0 Å². The van der Waals surface area contributed by atoms with Crippen LogP contribution in [0.1, 0.15) is 11.1 Å². The fraction of sp³-hybridized carbons (Fsp3) is 0. The van der Waals surface area contributed by atoms with E-state index in [1.54, 1.807) is 6.07 Å². The molecule has 0 aliphatic rings. The van der Waals surface area contributed by atoms with Gasteiger partial charge >= 0.3 is 0 Å². The van der Waals surface area contributed by atoms with E-state index >= 15 is 0 Å². The van der Waals surface area contributed by atoms with Crippen molar-refractivity contribution in [3.05, 3.63) is 143 Å². The highest BCUT2D eigenvalue weighted by atomic mass is 16.3. The Morgan fingerprint density at radius 3 is 1.83 bits per heavy atom. The van der Waals surface area contributed by atoms with Crippen molar-refractivity contribution in [3.8, 4) is 23.5 Å². The van der Waals surface area contributed by atoms with Crippen LogP contribution in [0, 0.1) is 35.8 Å². The molecule has 0 spiro atoms. The molecule has 3 heterocycles. The second-order valence-electron chi connectivity index (χ2n) is 11.4. The van der Waals surface area contributed by atoms with Crippen molar-refractivity contribution in [3.63, 3.8) is 0 Å². The first-order valence-corrected chi connectivity index (χ1v) is 14.8. The largest absolute Gasteiger partial charge is 0.478 e. The van der Waals surface area contributed by atoms with E-state index in [1.165, 1.54) is 0 Å². The molecule has 6 aromatic carbocycles. The third kappa shape index (κ3) is 3.51. The predicted octanol–water partition coefficient (Wildman–Crippen LogP) is 10.6. The molecule has 0 amide bonds. The zero-order chi connectivity index (χ0) is 31.8. The van der Waals surface area contributed by atoms with Gasteiger partial charge in [0.2, 0.25) is 11.4 Å². The fourth-order valence-electron chi connectivity index (χ4n) is 7.03. The van der Waals surface area contributed by atoms with Crippen LogP contribution in [0.2, 0.25) is 0 Å². The number of rotatable bonds is 2. The molecule has 3 aromatic heterocycles. The highest BCUT2D eigenvalue weighted by molar-refractivity contribution is 6.28. The van der Waals surface area contributed by atoms with Crippen molar-refractivity contribution in [2.24, 2.45) is 0 Å². The van der Waals surface area contributed by atoms with Crippen LogP contribution in [-0.4, -0.2) is 9.13 Å². The summed E-state index contributed by atoms with van der Waals surface area (Å²) in [6, 6.07) is 39.6. The van der Waals surface area contributed by atoms with Gasteiger partial charge in [-0.25, -0.2) is 9.69 Å². The Kier molecular flexibility index (Phi) is 5.33. The summed E-state index contributed by atoms with van der Waals surface area (Å²) in [5.41, 5.74) is 8.35. The Bertz CT molecular complexity index is 2950. The minimum atomic E-state index is 0.398. The number of hydrogen-bond acceptors (Lipinski definition) is 3. The molecule has 0 bridgehead atoms. The Hall–Kier alpha value is -7.32. The van der Waals surface area contributed by atoms with Gasteiger partial charge in [-0.3, -0.25) is 0 Å². The number of nitriles is 2. The van der Waals surface area contributed by atoms with E-state index in [0.29, 0.717) is 33.7 Å². The Balaban J connectivity index is 1.41. The van der Waals surface area contributed by atoms with Crippen molar-refractivity contribution >= 4 is 76.9 Å². The van der Waals surface area contributed by atoms with Gasteiger partial charge < -0.3 is 13.6 Å². The van der Waals surface area contributed by atoms with E-state index in [2.05, 4.69) is 61.3 Å². The van der Waals surface area contributed by atoms with Crippen LogP contribution in [0.25, 0.3) is 86.6 Å². The van der Waals surface area contributed by atoms with Crippen molar-refractivity contribution in [1.29, 1.82) is 10.5 Å². The second kappa shape index (κ2) is 9.59. The SMILES string of the molecule is [C-]#[N+]c1cccc2c1oc1c([N+]#[C-])cc3c4ccccc4n(-c4cccc(-n5c6ccc(C#N)cc6c6cc(C#N)ccc65)c4)c3c12. The van der Waals surface area contributed by atoms with Crippen LogP contribution in [0.5, 0.6) is 0 Å². The number of nitrogens with zero attached hydrogens (tertiary/aromatic N) is 6. The molecule has 7 nitrogen and oxygen atoms in total. The smallest absolute Gasteiger partial charge is 0.230 e. The predicted molar refractivity (Wildman–Crippen MR) is 184 cm³/mol. The molecule has 9 rings (SSSR count). The molecular formula is C40H18N6O. The maximum absolute atomic E-state index is 9.65. The standard InChI is InChI=1S/C40H18N6O/c1-43-32-11-6-10-28-37-38-31(20-33(44-2)40(37)47-39(28)32)27-9-3-4-12-34(27)46(38)26-8-5-7-25(19-26)45-35-15-13-23(21-41)17-29(35)30-18-24(22-42)14-16-36(30)45/h3-20H. The number of para-hydroxylation sites is 2. The third-order valence-electron chi connectivity index (χ3n) is 8.97. The van der Waals surface area contributed by atoms with Crippen molar-refractivity contribution in [2.45, 2.75) is 0 Å². The molecule has 0 saturated carbocycles. The summed E-state index contributed by atoms with van der Waals surface area (Å²) < 4.78 is 10.7. The molecule has 0 radical (unpaired) electrons. The molecule has 0 aliphatic heterocycles. The topological polar surface area (TPSA) is 79.3 Å². The molecule has 0 fully saturated rings. The number of fused-ring (bicyclic) bond motifs is 10. The van der Waals surface area contributed by atoms with Gasteiger partial charge in [-0.2, -0.15) is 10.5 Å². The molecule has 7 heteroatoms. The summed E-state index contributed by atoms with van der Waals surface area (Å²) in [4.78, 5) is 7.54. The van der Waals surface area contributed by atoms with Crippen LogP contribution < -0.4 is 0 Å². The van der Waals surface area contributed by atoms with E-state index in [0.717, 1.165) is 65.8 Å². The molecular weight excluding hydrogens is 580 g/mol. The average Bonchev–Trinajstić information content (AvgIpc) is 3.78. The summed E-state index contributed by atoms with van der Waals surface area (Å²) in [6.45, 7) is 15.7. The molecule has 0 saturated heterocycles. The summed E-state index contributed by atoms with van der Waals surface area (Å²) in [7, 11) is 0. The van der Waals surface area contributed by atoms with Gasteiger partial charge in [-0.15, -0.1) is 0 Å². The first kappa shape index (κ1) is 26.1. The lowest BCUT2D eigenvalue weighted by atomic mass is 10.1. The highest BCUT2D eigenvalue weighted by Crippen LogP contribution is 2.47. The number of benzene rings is 6. The molecule has 0 N–H and O–H groups in total. The Labute approximate surface area is 267 Å². The van der Waals surface area contributed by atoms with Crippen molar-refractivity contribution < 1.29 is 4.42 Å². The van der Waals surface area contributed by atoms with Gasteiger partial charge in [0, 0.05) is 38.3 Å². The van der Waals surface area contributed by atoms with E-state index in [1.807, 2.05) is 72.8 Å². The lowest BCUT2D eigenvalue weighted by Gasteiger charge is -2.13. The minimum Gasteiger partial charge on any atom is -0.478 e. The monoisotopic (exact) mass is 598 g/mol. The maximum Gasteiger partial charge on any atom is 0.230 e. The van der Waals surface area contributed by atoms with Gasteiger partial charge in [-0.1, -0.05) is 42.5 Å². The van der Waals surface area contributed by atoms with Crippen molar-refractivity contribution in [1.82, 2.24) is 9.13 Å². The van der Waals surface area contributed by atoms with E-state index < -0.39 is 0 Å². The normalized spacial score (nSPS) is 11.3. The van der Waals surface area contributed by atoms with Crippen LogP contribution in [0.15, 0.2) is 114 Å². The highest BCUT2D eigenvalue weighted by Gasteiger charge is 2.23. The number of furan rings is 1. The number of hydrogen-bond donors (Lipinski definition) is 0. The first-order valence-electron chi connectivity index (χ1n) is 14.8.